The Morgan fingerprint density at radius 3 is 3.19 bits per heavy atom. The maximum Gasteiger partial charge on any atom is 0.123 e. The number of halogens is 1. The molecule has 0 radical (unpaired) electrons. The van der Waals surface area contributed by atoms with Gasteiger partial charge >= 0.3 is 0 Å². The summed E-state index contributed by atoms with van der Waals surface area (Å²) in [7, 11) is 0. The van der Waals surface area contributed by atoms with E-state index in [2.05, 4.69) is 0 Å². The number of rotatable bonds is 5. The Morgan fingerprint density at radius 2 is 2.38 bits per heavy atom. The minimum Gasteiger partial charge on any atom is -0.489 e. The molecular formula is C12H16ClNOS. The Balaban J connectivity index is 1.81. The number of benzene rings is 1. The fourth-order valence-corrected chi connectivity index (χ4v) is 2.96. The van der Waals surface area contributed by atoms with Gasteiger partial charge in [0.25, 0.3) is 0 Å². The molecule has 16 heavy (non-hydrogen) atoms. The first-order valence-electron chi connectivity index (χ1n) is 5.52. The Morgan fingerprint density at radius 1 is 1.50 bits per heavy atom. The van der Waals surface area contributed by atoms with E-state index >= 15 is 0 Å². The fraction of sp³-hybridized carbons (Fsp3) is 0.500. The average molecular weight is 258 g/mol. The van der Waals surface area contributed by atoms with Crippen molar-refractivity contribution in [2.75, 3.05) is 18.1 Å². The molecule has 0 fully saturated rings. The number of fused-ring (bicyclic) bond motifs is 1. The Hall–Kier alpha value is -0.380. The van der Waals surface area contributed by atoms with E-state index < -0.39 is 0 Å². The van der Waals surface area contributed by atoms with Crippen molar-refractivity contribution >= 4 is 23.4 Å². The number of nitrogens with two attached hydrogens (primary N) is 1. The van der Waals surface area contributed by atoms with E-state index in [4.69, 9.17) is 22.1 Å². The molecular weight excluding hydrogens is 242 g/mol. The van der Waals surface area contributed by atoms with E-state index in [1.165, 1.54) is 5.56 Å². The normalized spacial score (nSPS) is 18.2. The van der Waals surface area contributed by atoms with E-state index in [9.17, 15) is 0 Å². The lowest BCUT2D eigenvalue weighted by Crippen LogP contribution is -2.16. The molecule has 1 atom stereocenters. The zero-order valence-corrected chi connectivity index (χ0v) is 10.7. The van der Waals surface area contributed by atoms with Crippen molar-refractivity contribution in [1.29, 1.82) is 0 Å². The van der Waals surface area contributed by atoms with Crippen LogP contribution in [0.25, 0.3) is 0 Å². The largest absolute Gasteiger partial charge is 0.489 e. The Kier molecular flexibility index (Phi) is 4.38. The summed E-state index contributed by atoms with van der Waals surface area (Å²) in [5.41, 5.74) is 6.68. The second kappa shape index (κ2) is 5.80. The minimum absolute atomic E-state index is 0.302. The molecule has 88 valence electrons. The van der Waals surface area contributed by atoms with Crippen LogP contribution in [0.4, 0.5) is 0 Å². The molecule has 0 saturated carbocycles. The van der Waals surface area contributed by atoms with E-state index in [-0.39, 0.29) is 0 Å². The minimum atomic E-state index is 0.302. The zero-order valence-electron chi connectivity index (χ0n) is 9.12. The first-order chi connectivity index (χ1) is 7.79. The topological polar surface area (TPSA) is 35.2 Å². The molecule has 2 rings (SSSR count). The summed E-state index contributed by atoms with van der Waals surface area (Å²) >= 11 is 7.85. The first kappa shape index (κ1) is 12.1. The molecule has 0 spiro atoms. The molecule has 2 nitrogen and oxygen atoms in total. The third-order valence-corrected chi connectivity index (χ3v) is 3.98. The van der Waals surface area contributed by atoms with Gasteiger partial charge in [-0.3, -0.25) is 0 Å². The van der Waals surface area contributed by atoms with Crippen LogP contribution in [-0.2, 0) is 6.42 Å². The van der Waals surface area contributed by atoms with Gasteiger partial charge in [-0.25, -0.2) is 0 Å². The van der Waals surface area contributed by atoms with Crippen molar-refractivity contribution in [3.05, 3.63) is 28.8 Å². The van der Waals surface area contributed by atoms with Crippen LogP contribution < -0.4 is 10.5 Å². The molecule has 1 unspecified atom stereocenters. The van der Waals surface area contributed by atoms with E-state index in [0.717, 1.165) is 41.7 Å². The molecule has 1 aromatic rings. The van der Waals surface area contributed by atoms with Gasteiger partial charge in [0.1, 0.15) is 11.9 Å². The van der Waals surface area contributed by atoms with Crippen LogP contribution in [0.2, 0.25) is 5.02 Å². The maximum atomic E-state index is 5.94. The molecule has 0 aromatic heterocycles. The van der Waals surface area contributed by atoms with E-state index in [1.54, 1.807) is 0 Å². The quantitative estimate of drug-likeness (QED) is 0.824. The maximum absolute atomic E-state index is 5.94. The second-order valence-electron chi connectivity index (χ2n) is 3.91. The molecule has 2 N–H and O–H groups in total. The van der Waals surface area contributed by atoms with Gasteiger partial charge in [-0.1, -0.05) is 11.6 Å². The van der Waals surface area contributed by atoms with E-state index in [0.29, 0.717) is 6.10 Å². The first-order valence-corrected chi connectivity index (χ1v) is 7.06. The third kappa shape index (κ3) is 3.06. The molecule has 1 heterocycles. The molecule has 1 aliphatic rings. The molecule has 4 heteroatoms. The van der Waals surface area contributed by atoms with Gasteiger partial charge in [-0.2, -0.15) is 11.8 Å². The summed E-state index contributed by atoms with van der Waals surface area (Å²) in [4.78, 5) is 0. The lowest BCUT2D eigenvalue weighted by atomic mass is 10.1. The number of hydrogen-bond acceptors (Lipinski definition) is 3. The number of ether oxygens (including phenoxy) is 1. The van der Waals surface area contributed by atoms with Gasteiger partial charge in [-0.05, 0) is 42.5 Å². The summed E-state index contributed by atoms with van der Waals surface area (Å²) in [5.74, 6) is 3.15. The van der Waals surface area contributed by atoms with Gasteiger partial charge in [0, 0.05) is 17.2 Å². The van der Waals surface area contributed by atoms with Crippen LogP contribution in [-0.4, -0.2) is 24.2 Å². The summed E-state index contributed by atoms with van der Waals surface area (Å²) in [5, 5.41) is 0.791. The van der Waals surface area contributed by atoms with E-state index in [1.807, 2.05) is 30.0 Å². The van der Waals surface area contributed by atoms with Crippen molar-refractivity contribution in [3.63, 3.8) is 0 Å². The van der Waals surface area contributed by atoms with Crippen LogP contribution in [0.1, 0.15) is 12.0 Å². The third-order valence-electron chi connectivity index (χ3n) is 2.56. The number of thioether (sulfide) groups is 1. The predicted octanol–water partition coefficient (Wildman–Crippen LogP) is 2.73. The average Bonchev–Trinajstić information content (AvgIpc) is 2.66. The lowest BCUT2D eigenvalue weighted by molar-refractivity contribution is 0.259. The summed E-state index contributed by atoms with van der Waals surface area (Å²) in [6.07, 6.45) is 2.36. The molecule has 0 aliphatic carbocycles. The monoisotopic (exact) mass is 257 g/mol. The van der Waals surface area contributed by atoms with Crippen LogP contribution in [0.15, 0.2) is 18.2 Å². The SMILES string of the molecule is NCCCSCC1Cc2cc(Cl)ccc2O1. The summed E-state index contributed by atoms with van der Waals surface area (Å²) in [6.45, 7) is 0.772. The second-order valence-corrected chi connectivity index (χ2v) is 5.50. The van der Waals surface area contributed by atoms with Crippen LogP contribution >= 0.6 is 23.4 Å². The smallest absolute Gasteiger partial charge is 0.123 e. The van der Waals surface area contributed by atoms with Gasteiger partial charge in [-0.15, -0.1) is 0 Å². The fourth-order valence-electron chi connectivity index (χ4n) is 1.78. The highest BCUT2D eigenvalue weighted by Gasteiger charge is 2.22. The van der Waals surface area contributed by atoms with Gasteiger partial charge in [0.2, 0.25) is 0 Å². The highest BCUT2D eigenvalue weighted by Crippen LogP contribution is 2.32. The predicted molar refractivity (Wildman–Crippen MR) is 70.6 cm³/mol. The highest BCUT2D eigenvalue weighted by atomic mass is 35.5. The van der Waals surface area contributed by atoms with Crippen molar-refractivity contribution in [2.24, 2.45) is 5.73 Å². The standard InChI is InChI=1S/C12H16ClNOS/c13-10-2-3-12-9(6-10)7-11(15-12)8-16-5-1-4-14/h2-3,6,11H,1,4-5,7-8,14H2. The Labute approximate surface area is 105 Å². The molecule has 0 saturated heterocycles. The highest BCUT2D eigenvalue weighted by molar-refractivity contribution is 7.99. The summed E-state index contributed by atoms with van der Waals surface area (Å²) in [6, 6.07) is 5.84. The molecule has 1 aromatic carbocycles. The van der Waals surface area contributed by atoms with Gasteiger partial charge in [0.15, 0.2) is 0 Å². The molecule has 0 amide bonds. The molecule has 0 bridgehead atoms. The van der Waals surface area contributed by atoms with Crippen LogP contribution in [0.5, 0.6) is 5.75 Å². The lowest BCUT2D eigenvalue weighted by Gasteiger charge is -2.09. The van der Waals surface area contributed by atoms with Crippen molar-refractivity contribution in [1.82, 2.24) is 0 Å². The van der Waals surface area contributed by atoms with Crippen molar-refractivity contribution < 1.29 is 4.74 Å². The van der Waals surface area contributed by atoms with Crippen LogP contribution in [0, 0.1) is 0 Å². The van der Waals surface area contributed by atoms with Crippen molar-refractivity contribution in [2.45, 2.75) is 18.9 Å². The number of hydrogen-bond donors (Lipinski definition) is 1. The van der Waals surface area contributed by atoms with Gasteiger partial charge < -0.3 is 10.5 Å². The summed E-state index contributed by atoms with van der Waals surface area (Å²) < 4.78 is 5.83. The molecule has 1 aliphatic heterocycles. The van der Waals surface area contributed by atoms with Crippen molar-refractivity contribution in [3.8, 4) is 5.75 Å². The Bertz CT molecular complexity index is 359. The van der Waals surface area contributed by atoms with Gasteiger partial charge in [0.05, 0.1) is 0 Å². The zero-order chi connectivity index (χ0) is 11.4. The van der Waals surface area contributed by atoms with Crippen LogP contribution in [0.3, 0.4) is 0 Å².